The lowest BCUT2D eigenvalue weighted by Gasteiger charge is -2.16. The number of halogens is 2. The van der Waals surface area contributed by atoms with Crippen molar-refractivity contribution in [2.45, 2.75) is 32.2 Å². The predicted molar refractivity (Wildman–Crippen MR) is 78.7 cm³/mol. The second-order valence-corrected chi connectivity index (χ2v) is 5.15. The SMILES string of the molecule is CCCOCCC(Cc1ccc(Cl)c(Cl)c1)NC. The van der Waals surface area contributed by atoms with Gasteiger partial charge in [0, 0.05) is 19.3 Å². The molecule has 0 aliphatic heterocycles. The van der Waals surface area contributed by atoms with Crippen LogP contribution in [0.1, 0.15) is 25.3 Å². The van der Waals surface area contributed by atoms with Gasteiger partial charge in [-0.25, -0.2) is 0 Å². The van der Waals surface area contributed by atoms with Gasteiger partial charge >= 0.3 is 0 Å². The molecule has 0 bridgehead atoms. The van der Waals surface area contributed by atoms with Gasteiger partial charge in [-0.05, 0) is 44.0 Å². The molecule has 18 heavy (non-hydrogen) atoms. The number of ether oxygens (including phenoxy) is 1. The highest BCUT2D eigenvalue weighted by Crippen LogP contribution is 2.23. The van der Waals surface area contributed by atoms with Crippen molar-refractivity contribution in [3.8, 4) is 0 Å². The first-order chi connectivity index (χ1) is 8.67. The Hall–Kier alpha value is -0.280. The van der Waals surface area contributed by atoms with Crippen LogP contribution in [-0.4, -0.2) is 26.3 Å². The fourth-order valence-corrected chi connectivity index (χ4v) is 2.09. The predicted octanol–water partition coefficient (Wildman–Crippen LogP) is 3.94. The van der Waals surface area contributed by atoms with Crippen molar-refractivity contribution in [2.75, 3.05) is 20.3 Å². The van der Waals surface area contributed by atoms with E-state index in [1.54, 1.807) is 0 Å². The third-order valence-electron chi connectivity index (χ3n) is 2.83. The number of hydrogen-bond donors (Lipinski definition) is 1. The van der Waals surface area contributed by atoms with Crippen LogP contribution in [-0.2, 0) is 11.2 Å². The number of hydrogen-bond acceptors (Lipinski definition) is 2. The molecular weight excluding hydrogens is 269 g/mol. The fraction of sp³-hybridized carbons (Fsp3) is 0.571. The van der Waals surface area contributed by atoms with Gasteiger partial charge in [0.15, 0.2) is 0 Å². The zero-order chi connectivity index (χ0) is 13.4. The van der Waals surface area contributed by atoms with Crippen LogP contribution >= 0.6 is 23.2 Å². The van der Waals surface area contributed by atoms with Gasteiger partial charge in [-0.1, -0.05) is 36.2 Å². The average molecular weight is 290 g/mol. The van der Waals surface area contributed by atoms with Crippen LogP contribution in [0.25, 0.3) is 0 Å². The lowest BCUT2D eigenvalue weighted by atomic mass is 10.0. The first-order valence-electron chi connectivity index (χ1n) is 6.36. The van der Waals surface area contributed by atoms with E-state index in [2.05, 4.69) is 12.2 Å². The normalized spacial score (nSPS) is 12.7. The van der Waals surface area contributed by atoms with Gasteiger partial charge in [-0.2, -0.15) is 0 Å². The molecule has 4 heteroatoms. The molecule has 0 radical (unpaired) electrons. The number of benzene rings is 1. The Morgan fingerprint density at radius 3 is 2.61 bits per heavy atom. The molecule has 102 valence electrons. The standard InChI is InChI=1S/C14H21Cl2NO/c1-3-7-18-8-6-12(17-2)9-11-4-5-13(15)14(16)10-11/h4-5,10,12,17H,3,6-9H2,1-2H3. The molecule has 1 atom stereocenters. The van der Waals surface area contributed by atoms with E-state index in [9.17, 15) is 0 Å². The van der Waals surface area contributed by atoms with Gasteiger partial charge in [0.05, 0.1) is 10.0 Å². The van der Waals surface area contributed by atoms with Crippen LogP contribution in [0.3, 0.4) is 0 Å². The first-order valence-corrected chi connectivity index (χ1v) is 7.12. The second kappa shape index (κ2) is 8.76. The molecule has 1 aromatic rings. The van der Waals surface area contributed by atoms with Crippen LogP contribution in [0.5, 0.6) is 0 Å². The van der Waals surface area contributed by atoms with Crippen LogP contribution in [0.15, 0.2) is 18.2 Å². The van der Waals surface area contributed by atoms with E-state index >= 15 is 0 Å². The lowest BCUT2D eigenvalue weighted by Crippen LogP contribution is -2.29. The Bertz CT molecular complexity index is 358. The fourth-order valence-electron chi connectivity index (χ4n) is 1.77. The maximum absolute atomic E-state index is 6.01. The van der Waals surface area contributed by atoms with Crippen molar-refractivity contribution >= 4 is 23.2 Å². The number of nitrogens with one attached hydrogen (secondary N) is 1. The van der Waals surface area contributed by atoms with E-state index in [-0.39, 0.29) is 0 Å². The largest absolute Gasteiger partial charge is 0.381 e. The summed E-state index contributed by atoms with van der Waals surface area (Å²) in [5.74, 6) is 0. The first kappa shape index (κ1) is 15.8. The summed E-state index contributed by atoms with van der Waals surface area (Å²) in [5, 5.41) is 4.53. The lowest BCUT2D eigenvalue weighted by molar-refractivity contribution is 0.125. The van der Waals surface area contributed by atoms with Gasteiger partial charge in [0.1, 0.15) is 0 Å². The van der Waals surface area contributed by atoms with E-state index in [4.69, 9.17) is 27.9 Å². The Morgan fingerprint density at radius 1 is 1.22 bits per heavy atom. The minimum Gasteiger partial charge on any atom is -0.381 e. The summed E-state index contributed by atoms with van der Waals surface area (Å²) in [5.41, 5.74) is 1.19. The van der Waals surface area contributed by atoms with E-state index in [0.717, 1.165) is 32.5 Å². The van der Waals surface area contributed by atoms with E-state index < -0.39 is 0 Å². The summed E-state index contributed by atoms with van der Waals surface area (Å²) in [7, 11) is 1.97. The van der Waals surface area contributed by atoms with Crippen molar-refractivity contribution in [2.24, 2.45) is 0 Å². The maximum atomic E-state index is 6.01. The zero-order valence-electron chi connectivity index (χ0n) is 11.0. The van der Waals surface area contributed by atoms with Crippen molar-refractivity contribution < 1.29 is 4.74 Å². The smallest absolute Gasteiger partial charge is 0.0595 e. The van der Waals surface area contributed by atoms with Gasteiger partial charge in [0.25, 0.3) is 0 Å². The monoisotopic (exact) mass is 289 g/mol. The van der Waals surface area contributed by atoms with Gasteiger partial charge in [-0.3, -0.25) is 0 Å². The Labute approximate surface area is 120 Å². The van der Waals surface area contributed by atoms with Crippen LogP contribution in [0.2, 0.25) is 10.0 Å². The molecule has 0 saturated carbocycles. The average Bonchev–Trinajstić information content (AvgIpc) is 2.37. The molecule has 1 rings (SSSR count). The van der Waals surface area contributed by atoms with Gasteiger partial charge in [-0.15, -0.1) is 0 Å². The highest BCUT2D eigenvalue weighted by atomic mass is 35.5. The molecule has 0 aromatic heterocycles. The summed E-state index contributed by atoms with van der Waals surface area (Å²) >= 11 is 11.9. The van der Waals surface area contributed by atoms with Crippen molar-refractivity contribution in [3.05, 3.63) is 33.8 Å². The molecule has 0 saturated heterocycles. The molecule has 0 spiro atoms. The molecular formula is C14H21Cl2NO. The molecule has 0 aliphatic carbocycles. The summed E-state index contributed by atoms with van der Waals surface area (Å²) in [6, 6.07) is 6.20. The highest BCUT2D eigenvalue weighted by Gasteiger charge is 2.08. The van der Waals surface area contributed by atoms with E-state index in [1.807, 2.05) is 25.2 Å². The third kappa shape index (κ3) is 5.57. The summed E-state index contributed by atoms with van der Waals surface area (Å²) in [6.07, 6.45) is 3.00. The summed E-state index contributed by atoms with van der Waals surface area (Å²) in [6.45, 7) is 3.75. The molecule has 2 nitrogen and oxygen atoms in total. The molecule has 1 N–H and O–H groups in total. The topological polar surface area (TPSA) is 21.3 Å². The highest BCUT2D eigenvalue weighted by molar-refractivity contribution is 6.42. The van der Waals surface area contributed by atoms with Crippen LogP contribution in [0, 0.1) is 0 Å². The van der Waals surface area contributed by atoms with E-state index in [1.165, 1.54) is 5.56 Å². The molecule has 0 aliphatic rings. The van der Waals surface area contributed by atoms with Crippen LogP contribution in [0.4, 0.5) is 0 Å². The maximum Gasteiger partial charge on any atom is 0.0595 e. The second-order valence-electron chi connectivity index (χ2n) is 4.34. The molecule has 1 unspecified atom stereocenters. The Morgan fingerprint density at radius 2 is 2.00 bits per heavy atom. The molecule has 0 heterocycles. The Balaban J connectivity index is 2.44. The number of rotatable bonds is 8. The van der Waals surface area contributed by atoms with E-state index in [0.29, 0.717) is 16.1 Å². The molecule has 0 fully saturated rings. The molecule has 0 amide bonds. The van der Waals surface area contributed by atoms with Crippen molar-refractivity contribution in [1.29, 1.82) is 0 Å². The van der Waals surface area contributed by atoms with Crippen molar-refractivity contribution in [3.63, 3.8) is 0 Å². The molecule has 1 aromatic carbocycles. The van der Waals surface area contributed by atoms with Crippen LogP contribution < -0.4 is 5.32 Å². The van der Waals surface area contributed by atoms with Crippen molar-refractivity contribution in [1.82, 2.24) is 5.32 Å². The zero-order valence-corrected chi connectivity index (χ0v) is 12.5. The minimum absolute atomic E-state index is 0.402. The quantitative estimate of drug-likeness (QED) is 0.732. The van der Waals surface area contributed by atoms with Gasteiger partial charge in [0.2, 0.25) is 0 Å². The third-order valence-corrected chi connectivity index (χ3v) is 3.57. The summed E-state index contributed by atoms with van der Waals surface area (Å²) < 4.78 is 5.51. The Kier molecular flexibility index (Phi) is 7.68. The number of likely N-dealkylation sites (N-methyl/N-ethyl adjacent to an activating group) is 1. The van der Waals surface area contributed by atoms with Gasteiger partial charge < -0.3 is 10.1 Å². The minimum atomic E-state index is 0.402. The summed E-state index contributed by atoms with van der Waals surface area (Å²) in [4.78, 5) is 0.